The maximum atomic E-state index is 12.9. The highest BCUT2D eigenvalue weighted by molar-refractivity contribution is 5.42. The lowest BCUT2D eigenvalue weighted by atomic mass is 10.0. The van der Waals surface area contributed by atoms with Crippen LogP contribution >= 0.6 is 0 Å². The Hall–Kier alpha value is -1.60. The second kappa shape index (κ2) is 5.65. The number of ether oxygens (including phenoxy) is 2. The fourth-order valence-electron chi connectivity index (χ4n) is 1.84. The van der Waals surface area contributed by atoms with Crippen LogP contribution in [0.1, 0.15) is 18.4 Å². The highest BCUT2D eigenvalue weighted by Crippen LogP contribution is 2.21. The summed E-state index contributed by atoms with van der Waals surface area (Å²) in [6.45, 7) is 2.09. The van der Waals surface area contributed by atoms with Crippen LogP contribution in [0.2, 0.25) is 0 Å². The van der Waals surface area contributed by atoms with Gasteiger partial charge in [0, 0.05) is 13.2 Å². The SMILES string of the molecule is N#Cc1cc(F)ccc1OCC1CCOCC1. The molecule has 0 spiro atoms. The van der Waals surface area contributed by atoms with Crippen molar-refractivity contribution in [1.29, 1.82) is 5.26 Å². The Morgan fingerprint density at radius 3 is 2.88 bits per heavy atom. The van der Waals surface area contributed by atoms with Crippen molar-refractivity contribution in [3.05, 3.63) is 29.6 Å². The van der Waals surface area contributed by atoms with Crippen LogP contribution in [0.15, 0.2) is 18.2 Å². The van der Waals surface area contributed by atoms with E-state index in [2.05, 4.69) is 0 Å². The minimum atomic E-state index is -0.417. The first-order valence-corrected chi connectivity index (χ1v) is 5.70. The first-order valence-electron chi connectivity index (χ1n) is 5.70. The van der Waals surface area contributed by atoms with Crippen LogP contribution in [-0.2, 0) is 4.74 Å². The smallest absolute Gasteiger partial charge is 0.137 e. The molecule has 0 N–H and O–H groups in total. The molecule has 3 nitrogen and oxygen atoms in total. The molecular formula is C13H14FNO2. The average Bonchev–Trinajstić information content (AvgIpc) is 2.38. The van der Waals surface area contributed by atoms with Crippen molar-refractivity contribution in [1.82, 2.24) is 0 Å². The molecule has 1 heterocycles. The van der Waals surface area contributed by atoms with Crippen molar-refractivity contribution in [2.75, 3.05) is 19.8 Å². The van der Waals surface area contributed by atoms with Crippen molar-refractivity contribution < 1.29 is 13.9 Å². The van der Waals surface area contributed by atoms with Gasteiger partial charge in [0.05, 0.1) is 12.2 Å². The Balaban J connectivity index is 1.96. The fourth-order valence-corrected chi connectivity index (χ4v) is 1.84. The van der Waals surface area contributed by atoms with E-state index in [-0.39, 0.29) is 5.56 Å². The second-order valence-corrected chi connectivity index (χ2v) is 4.12. The Bertz CT molecular complexity index is 422. The van der Waals surface area contributed by atoms with Crippen LogP contribution in [0, 0.1) is 23.1 Å². The molecule has 1 aromatic carbocycles. The van der Waals surface area contributed by atoms with E-state index in [0.717, 1.165) is 26.1 Å². The summed E-state index contributed by atoms with van der Waals surface area (Å²) in [6.07, 6.45) is 1.95. The Labute approximate surface area is 99.8 Å². The van der Waals surface area contributed by atoms with Crippen LogP contribution in [0.4, 0.5) is 4.39 Å². The molecule has 0 saturated carbocycles. The van der Waals surface area contributed by atoms with E-state index >= 15 is 0 Å². The third-order valence-corrected chi connectivity index (χ3v) is 2.88. The summed E-state index contributed by atoms with van der Waals surface area (Å²) in [5.41, 5.74) is 0.247. The lowest BCUT2D eigenvalue weighted by Crippen LogP contribution is -2.21. The van der Waals surface area contributed by atoms with Crippen LogP contribution in [0.3, 0.4) is 0 Å². The summed E-state index contributed by atoms with van der Waals surface area (Å²) in [7, 11) is 0. The minimum absolute atomic E-state index is 0.247. The number of rotatable bonds is 3. The average molecular weight is 235 g/mol. The van der Waals surface area contributed by atoms with Crippen molar-refractivity contribution in [3.63, 3.8) is 0 Å². The summed E-state index contributed by atoms with van der Waals surface area (Å²) in [5.74, 6) is 0.501. The van der Waals surface area contributed by atoms with E-state index in [4.69, 9.17) is 14.7 Å². The van der Waals surface area contributed by atoms with E-state index < -0.39 is 5.82 Å². The van der Waals surface area contributed by atoms with Crippen molar-refractivity contribution >= 4 is 0 Å². The summed E-state index contributed by atoms with van der Waals surface area (Å²) >= 11 is 0. The highest BCUT2D eigenvalue weighted by Gasteiger charge is 2.15. The van der Waals surface area contributed by atoms with Gasteiger partial charge >= 0.3 is 0 Å². The van der Waals surface area contributed by atoms with Gasteiger partial charge < -0.3 is 9.47 Å². The molecule has 0 unspecified atom stereocenters. The quantitative estimate of drug-likeness (QED) is 0.808. The monoisotopic (exact) mass is 235 g/mol. The van der Waals surface area contributed by atoms with E-state index in [1.54, 1.807) is 0 Å². The molecule has 1 saturated heterocycles. The molecule has 0 bridgehead atoms. The molecule has 1 aliphatic heterocycles. The summed E-state index contributed by atoms with van der Waals surface area (Å²) < 4.78 is 23.7. The van der Waals surface area contributed by atoms with E-state index in [0.29, 0.717) is 18.3 Å². The molecular weight excluding hydrogens is 221 g/mol. The normalized spacial score (nSPS) is 16.5. The number of hydrogen-bond acceptors (Lipinski definition) is 3. The summed E-state index contributed by atoms with van der Waals surface area (Å²) in [4.78, 5) is 0. The van der Waals surface area contributed by atoms with Gasteiger partial charge in [0.15, 0.2) is 0 Å². The first kappa shape index (κ1) is 11.9. The van der Waals surface area contributed by atoms with E-state index in [1.807, 2.05) is 6.07 Å². The molecule has 1 fully saturated rings. The topological polar surface area (TPSA) is 42.2 Å². The molecule has 2 rings (SSSR count). The fraction of sp³-hybridized carbons (Fsp3) is 0.462. The summed E-state index contributed by atoms with van der Waals surface area (Å²) in [5, 5.41) is 8.86. The van der Waals surface area contributed by atoms with Crippen molar-refractivity contribution in [3.8, 4) is 11.8 Å². The molecule has 1 aliphatic rings. The van der Waals surface area contributed by atoms with Gasteiger partial charge in [-0.1, -0.05) is 0 Å². The molecule has 1 aromatic rings. The Morgan fingerprint density at radius 1 is 1.41 bits per heavy atom. The predicted octanol–water partition coefficient (Wildman–Crippen LogP) is 2.50. The molecule has 4 heteroatoms. The van der Waals surface area contributed by atoms with Crippen molar-refractivity contribution in [2.45, 2.75) is 12.8 Å². The van der Waals surface area contributed by atoms with Crippen LogP contribution in [0.25, 0.3) is 0 Å². The molecule has 90 valence electrons. The molecule has 0 radical (unpaired) electrons. The predicted molar refractivity (Wildman–Crippen MR) is 60.2 cm³/mol. The second-order valence-electron chi connectivity index (χ2n) is 4.12. The van der Waals surface area contributed by atoms with Gasteiger partial charge in [0.2, 0.25) is 0 Å². The molecule has 0 atom stereocenters. The third-order valence-electron chi connectivity index (χ3n) is 2.88. The standard InChI is InChI=1S/C13H14FNO2/c14-12-1-2-13(11(7-12)8-15)17-9-10-3-5-16-6-4-10/h1-2,7,10H,3-6,9H2. The van der Waals surface area contributed by atoms with Gasteiger partial charge in [-0.25, -0.2) is 4.39 Å². The van der Waals surface area contributed by atoms with E-state index in [9.17, 15) is 4.39 Å². The zero-order valence-corrected chi connectivity index (χ0v) is 9.49. The van der Waals surface area contributed by atoms with Gasteiger partial charge in [-0.3, -0.25) is 0 Å². The van der Waals surface area contributed by atoms with Gasteiger partial charge in [0.25, 0.3) is 0 Å². The lowest BCUT2D eigenvalue weighted by Gasteiger charge is -2.22. The largest absolute Gasteiger partial charge is 0.492 e. The summed E-state index contributed by atoms with van der Waals surface area (Å²) in [6, 6.07) is 5.94. The Morgan fingerprint density at radius 2 is 2.18 bits per heavy atom. The van der Waals surface area contributed by atoms with Crippen LogP contribution < -0.4 is 4.74 Å². The van der Waals surface area contributed by atoms with Gasteiger partial charge in [-0.2, -0.15) is 5.26 Å². The first-order chi connectivity index (χ1) is 8.29. The lowest BCUT2D eigenvalue weighted by molar-refractivity contribution is 0.0497. The zero-order chi connectivity index (χ0) is 12.1. The zero-order valence-electron chi connectivity index (χ0n) is 9.49. The third kappa shape index (κ3) is 3.18. The maximum Gasteiger partial charge on any atom is 0.137 e. The Kier molecular flexibility index (Phi) is 3.94. The molecule has 0 amide bonds. The highest BCUT2D eigenvalue weighted by atomic mass is 19.1. The number of nitrogens with zero attached hydrogens (tertiary/aromatic N) is 1. The van der Waals surface area contributed by atoms with Gasteiger partial charge in [-0.15, -0.1) is 0 Å². The van der Waals surface area contributed by atoms with E-state index in [1.165, 1.54) is 18.2 Å². The number of hydrogen-bond donors (Lipinski definition) is 0. The molecule has 17 heavy (non-hydrogen) atoms. The molecule has 0 aliphatic carbocycles. The number of benzene rings is 1. The number of halogens is 1. The van der Waals surface area contributed by atoms with Crippen molar-refractivity contribution in [2.24, 2.45) is 5.92 Å². The maximum absolute atomic E-state index is 12.9. The van der Waals surface area contributed by atoms with Gasteiger partial charge in [0.1, 0.15) is 17.6 Å². The number of nitriles is 1. The minimum Gasteiger partial charge on any atom is -0.492 e. The molecule has 0 aromatic heterocycles. The van der Waals surface area contributed by atoms with Gasteiger partial charge in [-0.05, 0) is 37.0 Å². The van der Waals surface area contributed by atoms with Crippen LogP contribution in [0.5, 0.6) is 5.75 Å². The van der Waals surface area contributed by atoms with Crippen LogP contribution in [-0.4, -0.2) is 19.8 Å².